The summed E-state index contributed by atoms with van der Waals surface area (Å²) in [4.78, 5) is 4.15. The molecule has 0 saturated carbocycles. The molecule has 0 aliphatic heterocycles. The van der Waals surface area contributed by atoms with Crippen molar-refractivity contribution in [3.8, 4) is 0 Å². The number of nitrogens with zero attached hydrogens (tertiary/aromatic N) is 1. The van der Waals surface area contributed by atoms with Crippen molar-refractivity contribution in [2.45, 2.75) is 0 Å². The molecule has 2 nitrogen and oxygen atoms in total. The van der Waals surface area contributed by atoms with Gasteiger partial charge in [0.25, 0.3) is 0 Å². The van der Waals surface area contributed by atoms with Crippen LogP contribution in [0.5, 0.6) is 0 Å². The third-order valence-electron chi connectivity index (χ3n) is 3.44. The van der Waals surface area contributed by atoms with E-state index in [0.717, 1.165) is 33.2 Å². The Morgan fingerprint density at radius 2 is 1.50 bits per heavy atom. The molecule has 2 aromatic carbocycles. The van der Waals surface area contributed by atoms with Crippen molar-refractivity contribution < 1.29 is 0 Å². The molecule has 0 aliphatic carbocycles. The van der Waals surface area contributed by atoms with Gasteiger partial charge in [0.2, 0.25) is 0 Å². The summed E-state index contributed by atoms with van der Waals surface area (Å²) in [6.45, 7) is 9.81. The number of hydrogen-bond donors (Lipinski definition) is 1. The van der Waals surface area contributed by atoms with Crippen molar-refractivity contribution in [1.29, 1.82) is 0 Å². The van der Waals surface area contributed by atoms with Gasteiger partial charge in [0.05, 0.1) is 0 Å². The minimum atomic E-state index is 0.651. The normalized spacial score (nSPS) is 10.3. The number of benzene rings is 2. The van der Waals surface area contributed by atoms with E-state index in [1.54, 1.807) is 11.8 Å². The van der Waals surface area contributed by atoms with Crippen molar-refractivity contribution in [1.82, 2.24) is 0 Å². The number of nitrogens with two attached hydrogens (primary N) is 1. The first kappa shape index (κ1) is 16.4. The second kappa shape index (κ2) is 7.87. The zero-order valence-electron chi connectivity index (χ0n) is 13.0. The minimum Gasteiger partial charge on any atom is -0.373 e. The molecule has 0 fully saturated rings. The summed E-state index contributed by atoms with van der Waals surface area (Å²) in [7, 11) is 2.04. The molecule has 3 heteroatoms. The van der Waals surface area contributed by atoms with E-state index in [0.29, 0.717) is 6.54 Å². The van der Waals surface area contributed by atoms with Gasteiger partial charge in [-0.15, -0.1) is 0 Å². The number of anilines is 1. The predicted molar refractivity (Wildman–Crippen MR) is 101 cm³/mol. The summed E-state index contributed by atoms with van der Waals surface area (Å²) >= 11 is 1.61. The minimum absolute atomic E-state index is 0.651. The Hall–Kier alpha value is -1.97. The molecule has 0 unspecified atom stereocenters. The van der Waals surface area contributed by atoms with Gasteiger partial charge in [-0.05, 0) is 23.3 Å². The molecule has 0 heterocycles. The zero-order valence-corrected chi connectivity index (χ0v) is 13.8. The van der Waals surface area contributed by atoms with Crippen LogP contribution in [0.1, 0.15) is 11.1 Å². The van der Waals surface area contributed by atoms with E-state index in [2.05, 4.69) is 54.5 Å². The first-order valence-corrected chi connectivity index (χ1v) is 8.06. The second-order valence-corrected chi connectivity index (χ2v) is 6.26. The van der Waals surface area contributed by atoms with Crippen LogP contribution < -0.4 is 10.6 Å². The second-order valence-electron chi connectivity index (χ2n) is 5.07. The monoisotopic (exact) mass is 310 g/mol. The van der Waals surface area contributed by atoms with Crippen molar-refractivity contribution in [3.63, 3.8) is 0 Å². The van der Waals surface area contributed by atoms with Crippen LogP contribution in [0.15, 0.2) is 67.8 Å². The molecule has 0 aromatic heterocycles. The van der Waals surface area contributed by atoms with Gasteiger partial charge in [-0.1, -0.05) is 67.4 Å². The maximum Gasteiger partial charge on any atom is 0.0364 e. The van der Waals surface area contributed by atoms with Crippen LogP contribution in [0.2, 0.25) is 0 Å². The van der Waals surface area contributed by atoms with E-state index in [1.165, 1.54) is 0 Å². The zero-order chi connectivity index (χ0) is 15.9. The molecule has 114 valence electrons. The molecule has 2 N–H and O–H groups in total. The Morgan fingerprint density at radius 1 is 0.955 bits per heavy atom. The van der Waals surface area contributed by atoms with Crippen LogP contribution in [-0.2, 0) is 0 Å². The molecule has 0 amide bonds. The van der Waals surface area contributed by atoms with Crippen LogP contribution in [0.3, 0.4) is 0 Å². The summed E-state index contributed by atoms with van der Waals surface area (Å²) in [5, 5.41) is 0. The average molecular weight is 310 g/mol. The summed E-state index contributed by atoms with van der Waals surface area (Å²) in [6, 6.07) is 18.6. The molecule has 0 bridgehead atoms. The molecular weight excluding hydrogens is 288 g/mol. The molecule has 22 heavy (non-hydrogen) atoms. The molecule has 2 rings (SSSR count). The van der Waals surface area contributed by atoms with Crippen molar-refractivity contribution >= 4 is 27.3 Å². The summed E-state index contributed by atoms with van der Waals surface area (Å²) in [5.41, 5.74) is 9.00. The fourth-order valence-corrected chi connectivity index (χ4v) is 2.92. The van der Waals surface area contributed by atoms with Gasteiger partial charge in [-0.25, -0.2) is 0 Å². The van der Waals surface area contributed by atoms with Gasteiger partial charge < -0.3 is 10.6 Å². The molecule has 0 saturated heterocycles. The average Bonchev–Trinajstić information content (AvgIpc) is 2.56. The van der Waals surface area contributed by atoms with E-state index in [-0.39, 0.29) is 0 Å². The molecule has 0 aliphatic rings. The topological polar surface area (TPSA) is 29.3 Å². The highest BCUT2D eigenvalue weighted by atomic mass is 32.2. The summed E-state index contributed by atoms with van der Waals surface area (Å²) < 4.78 is 0. The highest BCUT2D eigenvalue weighted by molar-refractivity contribution is 8.16. The molecule has 2 aromatic rings. The Bertz CT molecular complexity index is 632. The van der Waals surface area contributed by atoms with E-state index in [1.807, 2.05) is 25.2 Å². The Kier molecular flexibility index (Phi) is 5.87. The number of rotatable bonds is 7. The largest absolute Gasteiger partial charge is 0.373 e. The van der Waals surface area contributed by atoms with Crippen LogP contribution in [0, 0.1) is 0 Å². The van der Waals surface area contributed by atoms with E-state index in [4.69, 9.17) is 5.73 Å². The lowest BCUT2D eigenvalue weighted by Crippen LogP contribution is -2.24. The summed E-state index contributed by atoms with van der Waals surface area (Å²) in [5.74, 6) is 0. The third-order valence-corrected chi connectivity index (χ3v) is 4.40. The van der Waals surface area contributed by atoms with Crippen molar-refractivity contribution in [2.24, 2.45) is 5.73 Å². The number of thioether (sulfide) groups is 1. The molecule has 0 atom stereocenters. The van der Waals surface area contributed by atoms with Crippen molar-refractivity contribution in [3.05, 3.63) is 78.9 Å². The van der Waals surface area contributed by atoms with Gasteiger partial charge in [0.1, 0.15) is 0 Å². The lowest BCUT2D eigenvalue weighted by molar-refractivity contribution is 0.886. The highest BCUT2D eigenvalue weighted by Gasteiger charge is 2.06. The lowest BCUT2D eigenvalue weighted by Gasteiger charge is -2.18. The van der Waals surface area contributed by atoms with Gasteiger partial charge >= 0.3 is 0 Å². The van der Waals surface area contributed by atoms with Gasteiger partial charge in [0, 0.05) is 35.6 Å². The maximum atomic E-state index is 5.59. The van der Waals surface area contributed by atoms with E-state index >= 15 is 0 Å². The maximum absolute atomic E-state index is 5.59. The molecule has 0 spiro atoms. The fourth-order valence-electron chi connectivity index (χ4n) is 2.12. The number of likely N-dealkylation sites (N-methyl/N-ethyl adjacent to an activating group) is 1. The quantitative estimate of drug-likeness (QED) is 0.819. The van der Waals surface area contributed by atoms with E-state index < -0.39 is 0 Å². The third kappa shape index (κ3) is 4.26. The highest BCUT2D eigenvalue weighted by Crippen LogP contribution is 2.37. The standard InChI is InChI=1S/C19H22N2S/c1-15(17-7-5-4-6-8-17)22-16(2)18-9-11-19(12-10-18)21(3)14-13-20/h4-12H,1-2,13-14,20H2,3H3. The van der Waals surface area contributed by atoms with Crippen LogP contribution in [-0.4, -0.2) is 20.1 Å². The van der Waals surface area contributed by atoms with Crippen LogP contribution in [0.25, 0.3) is 9.81 Å². The molecular formula is C19H22N2S. The first-order valence-electron chi connectivity index (χ1n) is 7.24. The number of hydrogen-bond acceptors (Lipinski definition) is 3. The SMILES string of the molecule is C=C(SC(=C)c1ccc(N(C)CCN)cc1)c1ccccc1. The van der Waals surface area contributed by atoms with E-state index in [9.17, 15) is 0 Å². The Balaban J connectivity index is 2.02. The Labute approximate surface area is 137 Å². The lowest BCUT2D eigenvalue weighted by atomic mass is 10.2. The molecule has 0 radical (unpaired) electrons. The van der Waals surface area contributed by atoms with Crippen molar-refractivity contribution in [2.75, 3.05) is 25.0 Å². The van der Waals surface area contributed by atoms with Gasteiger partial charge in [-0.3, -0.25) is 0 Å². The smallest absolute Gasteiger partial charge is 0.0364 e. The van der Waals surface area contributed by atoms with Crippen LogP contribution >= 0.6 is 11.8 Å². The first-order chi connectivity index (χ1) is 10.6. The van der Waals surface area contributed by atoms with Crippen LogP contribution in [0.4, 0.5) is 5.69 Å². The Morgan fingerprint density at radius 3 is 2.05 bits per heavy atom. The summed E-state index contributed by atoms with van der Waals surface area (Å²) in [6.07, 6.45) is 0. The van der Waals surface area contributed by atoms with Gasteiger partial charge in [0.15, 0.2) is 0 Å². The van der Waals surface area contributed by atoms with Gasteiger partial charge in [-0.2, -0.15) is 0 Å². The fraction of sp³-hybridized carbons (Fsp3) is 0.158. The predicted octanol–water partition coefficient (Wildman–Crippen LogP) is 4.46.